The lowest BCUT2D eigenvalue weighted by Crippen LogP contribution is -1.95. The maximum atomic E-state index is 3.14. The van der Waals surface area contributed by atoms with Crippen LogP contribution in [-0.2, 0) is 6.54 Å². The summed E-state index contributed by atoms with van der Waals surface area (Å²) in [7, 11) is 0. The minimum atomic E-state index is 0. The zero-order valence-electron chi connectivity index (χ0n) is 5.38. The first-order valence-electron chi connectivity index (χ1n) is 2.81. The third kappa shape index (κ3) is 3.53. The van der Waals surface area contributed by atoms with Gasteiger partial charge in [-0.25, -0.2) is 0 Å². The first-order valence-corrected chi connectivity index (χ1v) is 3.60. The quantitative estimate of drug-likeness (QED) is 0.654. The van der Waals surface area contributed by atoms with Crippen molar-refractivity contribution in [3.05, 3.63) is 35.9 Å². The summed E-state index contributed by atoms with van der Waals surface area (Å²) in [6, 6.07) is 10.2. The Bertz CT molecular complexity index is 167. The van der Waals surface area contributed by atoms with Crippen molar-refractivity contribution in [1.82, 2.24) is 4.34 Å². The summed E-state index contributed by atoms with van der Waals surface area (Å²) in [5.74, 6) is 0. The van der Waals surface area contributed by atoms with Gasteiger partial charge in [-0.2, -0.15) is 0 Å². The largest absolute Gasteiger partial charge is 0.251 e. The highest BCUT2D eigenvalue weighted by molar-refractivity contribution is 14.0. The third-order valence-corrected chi connectivity index (χ3v) is 1.39. The number of hydrogen-bond donors (Lipinski definition) is 1. The molecule has 0 aliphatic heterocycles. The van der Waals surface area contributed by atoms with Crippen LogP contribution >= 0.6 is 40.1 Å². The summed E-state index contributed by atoms with van der Waals surface area (Å²) >= 11 is 3.14. The zero-order valence-corrected chi connectivity index (χ0v) is 9.30. The number of benzene rings is 1. The first-order chi connectivity index (χ1) is 4.43. The van der Waals surface area contributed by atoms with Crippen molar-refractivity contribution in [2.45, 2.75) is 6.54 Å². The fraction of sp³-hybridized carbons (Fsp3) is 0.143. The number of hydrogen-bond acceptors (Lipinski definition) is 1. The molecule has 0 unspecified atom stereocenters. The molecule has 1 nitrogen and oxygen atoms in total. The van der Waals surface area contributed by atoms with Gasteiger partial charge in [0.15, 0.2) is 0 Å². The molecule has 0 spiro atoms. The van der Waals surface area contributed by atoms with Crippen LogP contribution in [-0.4, -0.2) is 0 Å². The molecule has 0 radical (unpaired) electrons. The van der Waals surface area contributed by atoms with E-state index < -0.39 is 0 Å². The van der Waals surface area contributed by atoms with E-state index in [-0.39, 0.29) is 24.0 Å². The predicted octanol–water partition coefficient (Wildman–Crippen LogP) is 2.70. The molecule has 1 rings (SSSR count). The van der Waals surface area contributed by atoms with E-state index in [1.807, 2.05) is 18.2 Å². The predicted molar refractivity (Wildman–Crippen MR) is 57.6 cm³/mol. The van der Waals surface area contributed by atoms with E-state index >= 15 is 0 Å². The average Bonchev–Trinajstić information content (AvgIpc) is 1.91. The fourth-order valence-electron chi connectivity index (χ4n) is 0.673. The minimum absolute atomic E-state index is 0. The van der Waals surface area contributed by atoms with Crippen LogP contribution in [0.25, 0.3) is 0 Å². The normalized spacial score (nSPS) is 8.50. The van der Waals surface area contributed by atoms with Gasteiger partial charge < -0.3 is 0 Å². The van der Waals surface area contributed by atoms with Gasteiger partial charge in [-0.1, -0.05) is 30.3 Å². The molecule has 10 heavy (non-hydrogen) atoms. The van der Waals surface area contributed by atoms with E-state index in [1.54, 1.807) is 0 Å². The molecule has 0 fully saturated rings. The summed E-state index contributed by atoms with van der Waals surface area (Å²) in [5.41, 5.74) is 1.29. The Morgan fingerprint density at radius 1 is 1.20 bits per heavy atom. The molecule has 0 saturated carbocycles. The highest BCUT2D eigenvalue weighted by Gasteiger charge is 1.84. The van der Waals surface area contributed by atoms with Crippen molar-refractivity contribution in [3.63, 3.8) is 0 Å². The highest BCUT2D eigenvalue weighted by atomic mass is 127. The van der Waals surface area contributed by atoms with Crippen molar-refractivity contribution in [3.8, 4) is 0 Å². The number of halogens is 2. The van der Waals surface area contributed by atoms with Crippen LogP contribution in [0, 0.1) is 0 Å². The fourth-order valence-corrected chi connectivity index (χ4v) is 0.997. The smallest absolute Gasteiger partial charge is 0.0312 e. The topological polar surface area (TPSA) is 12.0 Å². The lowest BCUT2D eigenvalue weighted by Gasteiger charge is -1.94. The molecule has 0 aliphatic carbocycles. The van der Waals surface area contributed by atoms with Gasteiger partial charge in [0.05, 0.1) is 0 Å². The van der Waals surface area contributed by atoms with Crippen LogP contribution in [0.15, 0.2) is 30.3 Å². The lowest BCUT2D eigenvalue weighted by atomic mass is 10.2. The van der Waals surface area contributed by atoms with E-state index in [0.717, 1.165) is 6.54 Å². The zero-order chi connectivity index (χ0) is 6.53. The molecule has 0 aromatic heterocycles. The second-order valence-corrected chi connectivity index (χ2v) is 2.36. The number of nitrogens with one attached hydrogen (secondary N) is 1. The first kappa shape index (κ1) is 10.4. The molecule has 0 aliphatic rings. The Labute approximate surface area is 86.6 Å². The minimum Gasteiger partial charge on any atom is -0.251 e. The van der Waals surface area contributed by atoms with Crippen molar-refractivity contribution in [2.75, 3.05) is 0 Å². The third-order valence-electron chi connectivity index (χ3n) is 1.11. The van der Waals surface area contributed by atoms with E-state index in [2.05, 4.69) is 32.6 Å². The molecular weight excluding hydrogens is 305 g/mol. The standard InChI is InChI=1S/C7H8BrN.HI/c8-9-6-7-4-2-1-3-5-7;/h1-5,9H,6H2;1H. The van der Waals surface area contributed by atoms with Crippen LogP contribution < -0.4 is 4.34 Å². The van der Waals surface area contributed by atoms with Gasteiger partial charge in [-0.15, -0.1) is 24.0 Å². The summed E-state index contributed by atoms with van der Waals surface area (Å²) in [5, 5.41) is 0. The summed E-state index contributed by atoms with van der Waals surface area (Å²) in [6.45, 7) is 0.876. The molecule has 0 saturated heterocycles. The van der Waals surface area contributed by atoms with Gasteiger partial charge in [-0.3, -0.25) is 4.34 Å². The summed E-state index contributed by atoms with van der Waals surface area (Å²) in [6.07, 6.45) is 0. The average molecular weight is 314 g/mol. The second kappa shape index (κ2) is 6.12. The SMILES string of the molecule is BrNCc1ccccc1.I. The monoisotopic (exact) mass is 313 g/mol. The van der Waals surface area contributed by atoms with E-state index in [9.17, 15) is 0 Å². The van der Waals surface area contributed by atoms with Gasteiger partial charge in [0.25, 0.3) is 0 Å². The Morgan fingerprint density at radius 3 is 2.30 bits per heavy atom. The van der Waals surface area contributed by atoms with Crippen LogP contribution in [0.4, 0.5) is 0 Å². The maximum absolute atomic E-state index is 3.14. The summed E-state index contributed by atoms with van der Waals surface area (Å²) in [4.78, 5) is 0. The molecule has 3 heteroatoms. The van der Waals surface area contributed by atoms with Crippen molar-refractivity contribution in [1.29, 1.82) is 0 Å². The second-order valence-electron chi connectivity index (χ2n) is 1.80. The van der Waals surface area contributed by atoms with Crippen molar-refractivity contribution in [2.24, 2.45) is 0 Å². The van der Waals surface area contributed by atoms with Crippen molar-refractivity contribution >= 4 is 40.1 Å². The van der Waals surface area contributed by atoms with E-state index in [4.69, 9.17) is 0 Å². The molecule has 0 bridgehead atoms. The van der Waals surface area contributed by atoms with Gasteiger partial charge >= 0.3 is 0 Å². The van der Waals surface area contributed by atoms with Gasteiger partial charge in [0.2, 0.25) is 0 Å². The Kier molecular flexibility index (Phi) is 6.36. The summed E-state index contributed by atoms with van der Waals surface area (Å²) < 4.78 is 2.90. The van der Waals surface area contributed by atoms with Gasteiger partial charge in [0.1, 0.15) is 0 Å². The molecule has 0 heterocycles. The maximum Gasteiger partial charge on any atom is 0.0312 e. The van der Waals surface area contributed by atoms with E-state index in [0.29, 0.717) is 0 Å². The molecule has 1 aromatic rings. The molecule has 0 amide bonds. The highest BCUT2D eigenvalue weighted by Crippen LogP contribution is 1.97. The van der Waals surface area contributed by atoms with Gasteiger partial charge in [0, 0.05) is 22.7 Å². The lowest BCUT2D eigenvalue weighted by molar-refractivity contribution is 0.995. The Hall–Kier alpha value is 0.390. The molecular formula is C7H9BrIN. The molecule has 1 N–H and O–H groups in total. The van der Waals surface area contributed by atoms with Crippen LogP contribution in [0.1, 0.15) is 5.56 Å². The van der Waals surface area contributed by atoms with E-state index in [1.165, 1.54) is 5.56 Å². The molecule has 56 valence electrons. The molecule has 0 atom stereocenters. The van der Waals surface area contributed by atoms with Crippen LogP contribution in [0.3, 0.4) is 0 Å². The molecule has 1 aromatic carbocycles. The number of rotatable bonds is 2. The van der Waals surface area contributed by atoms with Crippen LogP contribution in [0.5, 0.6) is 0 Å². The Balaban J connectivity index is 0.000000810. The van der Waals surface area contributed by atoms with Gasteiger partial charge in [-0.05, 0) is 5.56 Å². The Morgan fingerprint density at radius 2 is 1.80 bits per heavy atom. The van der Waals surface area contributed by atoms with Crippen LogP contribution in [0.2, 0.25) is 0 Å². The van der Waals surface area contributed by atoms with Crippen molar-refractivity contribution < 1.29 is 0 Å².